The topological polar surface area (TPSA) is 9.23 Å². The molecular formula is C16H14BrF3O. The van der Waals surface area contributed by atoms with Crippen LogP contribution >= 0.6 is 15.9 Å². The summed E-state index contributed by atoms with van der Waals surface area (Å²) in [5.41, 5.74) is 2.96. The first-order valence-electron chi connectivity index (χ1n) is 6.28. The highest BCUT2D eigenvalue weighted by Crippen LogP contribution is 2.36. The first kappa shape index (κ1) is 15.9. The molecule has 0 heterocycles. The molecule has 0 amide bonds. The molecule has 1 nitrogen and oxygen atoms in total. The van der Waals surface area contributed by atoms with Crippen molar-refractivity contribution in [2.45, 2.75) is 18.7 Å². The van der Waals surface area contributed by atoms with Gasteiger partial charge in [0, 0.05) is 0 Å². The molecule has 2 rings (SSSR count). The second kappa shape index (κ2) is 6.10. The lowest BCUT2D eigenvalue weighted by atomic mass is 9.99. The fraction of sp³-hybridized carbons (Fsp3) is 0.250. The van der Waals surface area contributed by atoms with Crippen molar-refractivity contribution in [1.29, 1.82) is 0 Å². The van der Waals surface area contributed by atoms with Crippen LogP contribution < -0.4 is 4.74 Å². The molecule has 0 aliphatic heterocycles. The van der Waals surface area contributed by atoms with Gasteiger partial charge in [-0.3, -0.25) is 0 Å². The third-order valence-electron chi connectivity index (χ3n) is 3.28. The first-order valence-corrected chi connectivity index (χ1v) is 7.20. The van der Waals surface area contributed by atoms with Crippen LogP contribution in [0.5, 0.6) is 5.75 Å². The van der Waals surface area contributed by atoms with Crippen molar-refractivity contribution in [3.63, 3.8) is 0 Å². The van der Waals surface area contributed by atoms with Gasteiger partial charge in [0.2, 0.25) is 0 Å². The summed E-state index contributed by atoms with van der Waals surface area (Å²) >= 11 is 3.41. The maximum atomic E-state index is 13.3. The van der Waals surface area contributed by atoms with Crippen LogP contribution in [0, 0.1) is 31.3 Å². The second-order valence-electron chi connectivity index (χ2n) is 4.85. The number of benzene rings is 2. The number of hydrogen-bond donors (Lipinski definition) is 0. The van der Waals surface area contributed by atoms with Crippen molar-refractivity contribution < 1.29 is 17.9 Å². The van der Waals surface area contributed by atoms with Crippen molar-refractivity contribution in [2.75, 3.05) is 7.11 Å². The average Bonchev–Trinajstić information content (AvgIpc) is 2.43. The third-order valence-corrected chi connectivity index (χ3v) is 4.34. The Kier molecular flexibility index (Phi) is 4.61. The predicted octanol–water partition coefficient (Wildman–Crippen LogP) is 5.21. The van der Waals surface area contributed by atoms with E-state index in [0.29, 0.717) is 5.56 Å². The second-order valence-corrected chi connectivity index (χ2v) is 5.76. The minimum absolute atomic E-state index is 0.315. The molecule has 0 saturated heterocycles. The number of aryl methyl sites for hydroxylation is 2. The summed E-state index contributed by atoms with van der Waals surface area (Å²) in [7, 11) is 1.59. The fourth-order valence-corrected chi connectivity index (χ4v) is 2.89. The van der Waals surface area contributed by atoms with Gasteiger partial charge >= 0.3 is 0 Å². The third kappa shape index (κ3) is 3.07. The summed E-state index contributed by atoms with van der Waals surface area (Å²) in [6.07, 6.45) is 0. The highest BCUT2D eigenvalue weighted by atomic mass is 79.9. The summed E-state index contributed by atoms with van der Waals surface area (Å²) in [5, 5.41) is 0. The molecule has 0 radical (unpaired) electrons. The van der Waals surface area contributed by atoms with Crippen LogP contribution in [-0.2, 0) is 0 Å². The largest absolute Gasteiger partial charge is 0.496 e. The predicted molar refractivity (Wildman–Crippen MR) is 79.6 cm³/mol. The zero-order valence-corrected chi connectivity index (χ0v) is 13.4. The van der Waals surface area contributed by atoms with Gasteiger partial charge < -0.3 is 4.74 Å². The Morgan fingerprint density at radius 3 is 1.76 bits per heavy atom. The molecule has 1 unspecified atom stereocenters. The standard InChI is InChI=1S/C16H14BrF3O/c1-8-4-10(5-9(2)16(8)21-3)14(17)11-6-12(18)15(20)13(19)7-11/h4-7,14H,1-3H3. The molecular weight excluding hydrogens is 345 g/mol. The van der Waals surface area contributed by atoms with Crippen LogP contribution in [0.3, 0.4) is 0 Å². The number of alkyl halides is 1. The Bertz CT molecular complexity index is 639. The summed E-state index contributed by atoms with van der Waals surface area (Å²) in [5.74, 6) is -3.08. The van der Waals surface area contributed by atoms with Crippen LogP contribution in [0.1, 0.15) is 27.1 Å². The van der Waals surface area contributed by atoms with Gasteiger partial charge in [-0.05, 0) is 48.2 Å². The van der Waals surface area contributed by atoms with E-state index in [1.54, 1.807) is 7.11 Å². The highest BCUT2D eigenvalue weighted by molar-refractivity contribution is 9.09. The van der Waals surface area contributed by atoms with Crippen LogP contribution in [0.15, 0.2) is 24.3 Å². The van der Waals surface area contributed by atoms with Gasteiger partial charge in [0.15, 0.2) is 17.5 Å². The van der Waals surface area contributed by atoms with Gasteiger partial charge in [-0.1, -0.05) is 28.1 Å². The van der Waals surface area contributed by atoms with Crippen LogP contribution in [0.25, 0.3) is 0 Å². The van der Waals surface area contributed by atoms with Gasteiger partial charge in [-0.15, -0.1) is 0 Å². The lowest BCUT2D eigenvalue weighted by Crippen LogP contribution is -2.00. The molecule has 5 heteroatoms. The number of rotatable bonds is 3. The summed E-state index contributed by atoms with van der Waals surface area (Å²) in [4.78, 5) is -0.439. The lowest BCUT2D eigenvalue weighted by molar-refractivity contribution is 0.408. The van der Waals surface area contributed by atoms with E-state index >= 15 is 0 Å². The zero-order valence-electron chi connectivity index (χ0n) is 11.8. The van der Waals surface area contributed by atoms with Gasteiger partial charge in [0.25, 0.3) is 0 Å². The monoisotopic (exact) mass is 358 g/mol. The van der Waals surface area contributed by atoms with Crippen LogP contribution in [0.2, 0.25) is 0 Å². The summed E-state index contributed by atoms with van der Waals surface area (Å²) in [6.45, 7) is 3.78. The van der Waals surface area contributed by atoms with Gasteiger partial charge in [0.05, 0.1) is 11.9 Å². The smallest absolute Gasteiger partial charge is 0.194 e. The number of methoxy groups -OCH3 is 1. The maximum absolute atomic E-state index is 13.3. The van der Waals surface area contributed by atoms with E-state index in [4.69, 9.17) is 4.74 Å². The first-order chi connectivity index (χ1) is 9.85. The fourth-order valence-electron chi connectivity index (χ4n) is 2.37. The van der Waals surface area contributed by atoms with Gasteiger partial charge in [-0.2, -0.15) is 0 Å². The number of ether oxygens (including phenoxy) is 1. The molecule has 0 bridgehead atoms. The van der Waals surface area contributed by atoms with E-state index in [2.05, 4.69) is 15.9 Å². The Labute approximate surface area is 129 Å². The molecule has 0 N–H and O–H groups in total. The normalized spacial score (nSPS) is 12.3. The van der Waals surface area contributed by atoms with E-state index in [1.165, 1.54) is 0 Å². The van der Waals surface area contributed by atoms with E-state index in [9.17, 15) is 13.2 Å². The molecule has 0 saturated carbocycles. The zero-order chi connectivity index (χ0) is 15.7. The molecule has 2 aromatic carbocycles. The van der Waals surface area contributed by atoms with Gasteiger partial charge in [0.1, 0.15) is 5.75 Å². The Balaban J connectivity index is 2.47. The van der Waals surface area contributed by atoms with Crippen molar-refractivity contribution in [3.05, 3.63) is 64.0 Å². The lowest BCUT2D eigenvalue weighted by Gasteiger charge is -2.16. The highest BCUT2D eigenvalue weighted by Gasteiger charge is 2.18. The molecule has 112 valence electrons. The maximum Gasteiger partial charge on any atom is 0.194 e. The average molecular weight is 359 g/mol. The quantitative estimate of drug-likeness (QED) is 0.540. The van der Waals surface area contributed by atoms with Crippen molar-refractivity contribution >= 4 is 15.9 Å². The minimum Gasteiger partial charge on any atom is -0.496 e. The summed E-state index contributed by atoms with van der Waals surface area (Å²) < 4.78 is 45.0. The molecule has 21 heavy (non-hydrogen) atoms. The van der Waals surface area contributed by atoms with E-state index < -0.39 is 22.3 Å². The van der Waals surface area contributed by atoms with E-state index in [1.807, 2.05) is 26.0 Å². The number of halogens is 4. The summed E-state index contributed by atoms with van der Waals surface area (Å²) in [6, 6.07) is 5.72. The van der Waals surface area contributed by atoms with Crippen LogP contribution in [-0.4, -0.2) is 7.11 Å². The van der Waals surface area contributed by atoms with E-state index in [-0.39, 0.29) is 0 Å². The minimum atomic E-state index is -1.46. The SMILES string of the molecule is COc1c(C)cc(C(Br)c2cc(F)c(F)c(F)c2)cc1C. The molecule has 0 aliphatic carbocycles. The van der Waals surface area contributed by atoms with Crippen molar-refractivity contribution in [2.24, 2.45) is 0 Å². The number of hydrogen-bond acceptors (Lipinski definition) is 1. The van der Waals surface area contributed by atoms with Crippen molar-refractivity contribution in [3.8, 4) is 5.75 Å². The van der Waals surface area contributed by atoms with Crippen LogP contribution in [0.4, 0.5) is 13.2 Å². The van der Waals surface area contributed by atoms with Crippen molar-refractivity contribution in [1.82, 2.24) is 0 Å². The molecule has 0 spiro atoms. The Hall–Kier alpha value is -1.49. The molecule has 1 atom stereocenters. The molecule has 2 aromatic rings. The Morgan fingerprint density at radius 2 is 1.33 bits per heavy atom. The van der Waals surface area contributed by atoms with Gasteiger partial charge in [-0.25, -0.2) is 13.2 Å². The Morgan fingerprint density at radius 1 is 0.905 bits per heavy atom. The molecule has 0 aromatic heterocycles. The molecule has 0 aliphatic rings. The van der Waals surface area contributed by atoms with E-state index in [0.717, 1.165) is 34.6 Å². The molecule has 0 fully saturated rings.